The minimum absolute atomic E-state index is 0. The highest BCUT2D eigenvalue weighted by atomic mass is 127. The molecule has 0 amide bonds. The topological polar surface area (TPSA) is 88.8 Å². The first-order chi connectivity index (χ1) is 12.2. The molecule has 2 aliphatic rings. The molecule has 8 heteroatoms. The van der Waals surface area contributed by atoms with Crippen molar-refractivity contribution in [1.29, 1.82) is 0 Å². The lowest BCUT2D eigenvalue weighted by atomic mass is 10.1. The number of nitrogens with zero attached hydrogens (tertiary/aromatic N) is 2. The van der Waals surface area contributed by atoms with E-state index in [0.29, 0.717) is 18.5 Å². The number of rotatable bonds is 6. The van der Waals surface area contributed by atoms with Crippen LogP contribution in [0, 0.1) is 16.0 Å². The molecule has 0 bridgehead atoms. The van der Waals surface area contributed by atoms with Crippen LogP contribution in [0.1, 0.15) is 37.7 Å². The van der Waals surface area contributed by atoms with Gasteiger partial charge < -0.3 is 15.4 Å². The second-order valence-electron chi connectivity index (χ2n) is 6.82. The number of aliphatic imine (C=N–C) groups is 1. The normalized spacial score (nSPS) is 20.6. The van der Waals surface area contributed by atoms with Crippen molar-refractivity contribution in [3.63, 3.8) is 0 Å². The predicted octanol–water partition coefficient (Wildman–Crippen LogP) is 3.23. The molecule has 1 heterocycles. The van der Waals surface area contributed by atoms with Crippen LogP contribution in [0.2, 0.25) is 0 Å². The highest BCUT2D eigenvalue weighted by Crippen LogP contribution is 2.18. The van der Waals surface area contributed by atoms with Crippen LogP contribution < -0.4 is 10.6 Å². The number of nitro groups is 1. The van der Waals surface area contributed by atoms with Gasteiger partial charge in [0.1, 0.15) is 0 Å². The molecule has 144 valence electrons. The Morgan fingerprint density at radius 1 is 1.23 bits per heavy atom. The molecule has 1 atom stereocenters. The van der Waals surface area contributed by atoms with Crippen LogP contribution in [-0.2, 0) is 11.3 Å². The van der Waals surface area contributed by atoms with Crippen molar-refractivity contribution in [1.82, 2.24) is 10.6 Å². The van der Waals surface area contributed by atoms with E-state index in [9.17, 15) is 10.1 Å². The van der Waals surface area contributed by atoms with Gasteiger partial charge in [-0.1, -0.05) is 25.0 Å². The Labute approximate surface area is 171 Å². The van der Waals surface area contributed by atoms with E-state index in [0.717, 1.165) is 37.7 Å². The van der Waals surface area contributed by atoms with E-state index in [-0.39, 0.29) is 34.6 Å². The second kappa shape index (κ2) is 10.7. The fraction of sp³-hybridized carbons (Fsp3) is 0.611. The van der Waals surface area contributed by atoms with Gasteiger partial charge in [-0.05, 0) is 24.8 Å². The van der Waals surface area contributed by atoms with E-state index < -0.39 is 0 Å². The Balaban J connectivity index is 0.00000243. The monoisotopic (exact) mass is 474 g/mol. The summed E-state index contributed by atoms with van der Waals surface area (Å²) in [5.74, 6) is 1.37. The summed E-state index contributed by atoms with van der Waals surface area (Å²) in [6, 6.07) is 7.07. The summed E-state index contributed by atoms with van der Waals surface area (Å²) in [7, 11) is 0. The SMILES string of the molecule is I.O=[N+]([O-])c1ccc(CN=C(NCC2CCOC2)NC2CCCC2)cc1. The lowest BCUT2D eigenvalue weighted by Gasteiger charge is -2.19. The molecule has 3 rings (SSSR count). The number of hydrogen-bond donors (Lipinski definition) is 2. The molecule has 1 unspecified atom stereocenters. The molecule has 1 aliphatic heterocycles. The Hall–Kier alpha value is -1.42. The van der Waals surface area contributed by atoms with Crippen LogP contribution in [0.15, 0.2) is 29.3 Å². The van der Waals surface area contributed by atoms with Gasteiger partial charge in [-0.3, -0.25) is 10.1 Å². The Kier molecular flexibility index (Phi) is 8.56. The molecular formula is C18H27IN4O3. The predicted molar refractivity (Wildman–Crippen MR) is 112 cm³/mol. The zero-order chi connectivity index (χ0) is 17.5. The van der Waals surface area contributed by atoms with Gasteiger partial charge >= 0.3 is 0 Å². The largest absolute Gasteiger partial charge is 0.381 e. The minimum atomic E-state index is -0.384. The number of benzene rings is 1. The lowest BCUT2D eigenvalue weighted by Crippen LogP contribution is -2.44. The van der Waals surface area contributed by atoms with Crippen molar-refractivity contribution in [3.8, 4) is 0 Å². The molecule has 0 radical (unpaired) electrons. The molecule has 2 N–H and O–H groups in total. The molecule has 1 aliphatic carbocycles. The smallest absolute Gasteiger partial charge is 0.269 e. The maximum atomic E-state index is 10.7. The van der Waals surface area contributed by atoms with Crippen LogP contribution in [0.4, 0.5) is 5.69 Å². The first-order valence-corrected chi connectivity index (χ1v) is 9.06. The van der Waals surface area contributed by atoms with Crippen molar-refractivity contribution in [2.75, 3.05) is 19.8 Å². The highest BCUT2D eigenvalue weighted by molar-refractivity contribution is 14.0. The zero-order valence-electron chi connectivity index (χ0n) is 14.9. The number of halogens is 1. The first kappa shape index (κ1) is 20.9. The van der Waals surface area contributed by atoms with Gasteiger partial charge in [-0.15, -0.1) is 24.0 Å². The van der Waals surface area contributed by atoms with Crippen LogP contribution in [0.25, 0.3) is 0 Å². The molecule has 1 aromatic carbocycles. The van der Waals surface area contributed by atoms with Crippen molar-refractivity contribution in [2.45, 2.75) is 44.7 Å². The van der Waals surface area contributed by atoms with Gasteiger partial charge in [-0.2, -0.15) is 0 Å². The van der Waals surface area contributed by atoms with E-state index in [1.807, 2.05) is 0 Å². The molecule has 0 aromatic heterocycles. The fourth-order valence-electron chi connectivity index (χ4n) is 3.29. The van der Waals surface area contributed by atoms with Gasteiger partial charge in [0.2, 0.25) is 0 Å². The van der Waals surface area contributed by atoms with Gasteiger partial charge in [0.05, 0.1) is 18.1 Å². The van der Waals surface area contributed by atoms with Gasteiger partial charge in [0.15, 0.2) is 5.96 Å². The summed E-state index contributed by atoms with van der Waals surface area (Å²) in [5.41, 5.74) is 1.07. The van der Waals surface area contributed by atoms with Crippen molar-refractivity contribution >= 4 is 35.6 Å². The van der Waals surface area contributed by atoms with Crippen molar-refractivity contribution in [3.05, 3.63) is 39.9 Å². The Morgan fingerprint density at radius 3 is 2.58 bits per heavy atom. The molecule has 2 fully saturated rings. The number of ether oxygens (including phenoxy) is 1. The van der Waals surface area contributed by atoms with Crippen LogP contribution >= 0.6 is 24.0 Å². The number of guanidine groups is 1. The number of nitro benzene ring substituents is 1. The maximum absolute atomic E-state index is 10.7. The molecule has 1 saturated carbocycles. The van der Waals surface area contributed by atoms with Crippen LogP contribution in [0.3, 0.4) is 0 Å². The van der Waals surface area contributed by atoms with E-state index >= 15 is 0 Å². The number of non-ortho nitro benzene ring substituents is 1. The fourth-order valence-corrected chi connectivity index (χ4v) is 3.29. The third-order valence-electron chi connectivity index (χ3n) is 4.85. The standard InChI is InChI=1S/C18H26N4O3.HI/c23-22(24)17-7-5-14(6-8-17)11-19-18(21-16-3-1-2-4-16)20-12-15-9-10-25-13-15;/h5-8,15-16H,1-4,9-13H2,(H2,19,20,21);1H. The van der Waals surface area contributed by atoms with Gasteiger partial charge in [0.25, 0.3) is 5.69 Å². The minimum Gasteiger partial charge on any atom is -0.381 e. The molecule has 1 saturated heterocycles. The van der Waals surface area contributed by atoms with E-state index in [1.165, 1.54) is 37.8 Å². The van der Waals surface area contributed by atoms with Crippen molar-refractivity contribution < 1.29 is 9.66 Å². The Morgan fingerprint density at radius 2 is 1.96 bits per heavy atom. The number of nitrogens with one attached hydrogen (secondary N) is 2. The van der Waals surface area contributed by atoms with E-state index in [2.05, 4.69) is 15.6 Å². The third kappa shape index (κ3) is 6.39. The summed E-state index contributed by atoms with van der Waals surface area (Å²) in [6.07, 6.45) is 6.00. The van der Waals surface area contributed by atoms with E-state index in [4.69, 9.17) is 4.74 Å². The summed E-state index contributed by atoms with van der Waals surface area (Å²) < 4.78 is 5.43. The zero-order valence-corrected chi connectivity index (χ0v) is 17.2. The Bertz CT molecular complexity index is 597. The molecule has 7 nitrogen and oxygen atoms in total. The summed E-state index contributed by atoms with van der Waals surface area (Å²) in [6.45, 7) is 3.02. The molecular weight excluding hydrogens is 447 g/mol. The quantitative estimate of drug-likeness (QED) is 0.217. The summed E-state index contributed by atoms with van der Waals surface area (Å²) in [4.78, 5) is 15.0. The molecule has 0 spiro atoms. The number of hydrogen-bond acceptors (Lipinski definition) is 4. The average molecular weight is 474 g/mol. The van der Waals surface area contributed by atoms with Gasteiger partial charge in [0, 0.05) is 37.2 Å². The molecule has 1 aromatic rings. The van der Waals surface area contributed by atoms with Crippen molar-refractivity contribution in [2.24, 2.45) is 10.9 Å². The summed E-state index contributed by atoms with van der Waals surface area (Å²) in [5, 5.41) is 17.7. The van der Waals surface area contributed by atoms with Gasteiger partial charge in [-0.25, -0.2) is 4.99 Å². The maximum Gasteiger partial charge on any atom is 0.269 e. The van der Waals surface area contributed by atoms with E-state index in [1.54, 1.807) is 12.1 Å². The first-order valence-electron chi connectivity index (χ1n) is 9.06. The van der Waals surface area contributed by atoms with Crippen LogP contribution in [-0.4, -0.2) is 36.7 Å². The average Bonchev–Trinajstić information content (AvgIpc) is 3.31. The summed E-state index contributed by atoms with van der Waals surface area (Å²) >= 11 is 0. The second-order valence-corrected chi connectivity index (χ2v) is 6.82. The highest BCUT2D eigenvalue weighted by Gasteiger charge is 2.19. The van der Waals surface area contributed by atoms with Crippen LogP contribution in [0.5, 0.6) is 0 Å². The molecule has 26 heavy (non-hydrogen) atoms. The lowest BCUT2D eigenvalue weighted by molar-refractivity contribution is -0.384. The third-order valence-corrected chi connectivity index (χ3v) is 4.85.